The third-order valence-corrected chi connectivity index (χ3v) is 11.9. The Labute approximate surface area is 362 Å². The molecule has 2 aromatic carbocycles. The van der Waals surface area contributed by atoms with Gasteiger partial charge in [-0.3, -0.25) is 9.59 Å². The minimum Gasteiger partial charge on any atom is -0.387 e. The molecule has 7 rings (SSSR count). The van der Waals surface area contributed by atoms with Crippen LogP contribution in [0.4, 0.5) is 26.3 Å². The molecule has 0 radical (unpaired) electrons. The Morgan fingerprint density at radius 2 is 1.13 bits per heavy atom. The SMILES string of the molecule is O=C(N[C@@H](c1cccc(Br)c1)C1(O)CCCC1)c1nccc(C(F)(F)F)c1-n1cccn1.O=C(N[C@@H](c1cccc(Br)c1)C1(O)CCCC1)c1nccc(C(F)(F)F)c1Cl. The molecule has 2 aliphatic rings. The molecule has 2 amide bonds. The van der Waals surface area contributed by atoms with Crippen LogP contribution in [0.25, 0.3) is 5.69 Å². The molecule has 5 aromatic rings. The van der Waals surface area contributed by atoms with Crippen molar-refractivity contribution in [2.24, 2.45) is 0 Å². The summed E-state index contributed by atoms with van der Waals surface area (Å²) in [6.45, 7) is 0. The van der Waals surface area contributed by atoms with Gasteiger partial charge in [0.2, 0.25) is 0 Å². The fourth-order valence-corrected chi connectivity index (χ4v) is 8.82. The molecule has 0 spiro atoms. The Balaban J connectivity index is 0.000000203. The number of carbonyl (C=O) groups is 2. The predicted molar refractivity (Wildman–Crippen MR) is 216 cm³/mol. The van der Waals surface area contributed by atoms with Gasteiger partial charge in [0.25, 0.3) is 11.8 Å². The van der Waals surface area contributed by atoms with Gasteiger partial charge in [0.1, 0.15) is 11.4 Å². The van der Waals surface area contributed by atoms with E-state index < -0.39 is 80.7 Å². The molecule has 60 heavy (non-hydrogen) atoms. The zero-order chi connectivity index (χ0) is 43.5. The first-order chi connectivity index (χ1) is 28.3. The molecule has 4 N–H and O–H groups in total. The van der Waals surface area contributed by atoms with Crippen molar-refractivity contribution in [3.8, 4) is 5.69 Å². The summed E-state index contributed by atoms with van der Waals surface area (Å²) in [7, 11) is 0. The highest BCUT2D eigenvalue weighted by Crippen LogP contribution is 2.43. The molecule has 0 bridgehead atoms. The van der Waals surface area contributed by atoms with E-state index in [2.05, 4.69) is 57.6 Å². The van der Waals surface area contributed by atoms with Gasteiger partial charge in [-0.15, -0.1) is 0 Å². The molecule has 10 nitrogen and oxygen atoms in total. The number of hydrogen-bond donors (Lipinski definition) is 4. The molecule has 2 saturated carbocycles. The molecule has 0 unspecified atom stereocenters. The van der Waals surface area contributed by atoms with Crippen LogP contribution in [0.3, 0.4) is 0 Å². The predicted octanol–water partition coefficient (Wildman–Crippen LogP) is 10.1. The molecule has 318 valence electrons. The van der Waals surface area contributed by atoms with Crippen LogP contribution in [0.5, 0.6) is 0 Å². The van der Waals surface area contributed by atoms with Crippen molar-refractivity contribution in [2.45, 2.75) is 87.0 Å². The number of carbonyl (C=O) groups excluding carboxylic acids is 2. The minimum absolute atomic E-state index is 0.426. The third-order valence-electron chi connectivity index (χ3n) is 10.5. The van der Waals surface area contributed by atoms with Gasteiger partial charge >= 0.3 is 12.4 Å². The number of benzene rings is 2. The summed E-state index contributed by atoms with van der Waals surface area (Å²) in [4.78, 5) is 33.8. The first-order valence-electron chi connectivity index (χ1n) is 18.7. The zero-order valence-corrected chi connectivity index (χ0v) is 35.3. The molecular weight excluding hydrogens is 950 g/mol. The number of nitrogens with one attached hydrogen (secondary N) is 2. The van der Waals surface area contributed by atoms with Crippen LogP contribution in [-0.4, -0.2) is 53.0 Å². The minimum atomic E-state index is -4.72. The van der Waals surface area contributed by atoms with E-state index in [0.29, 0.717) is 36.8 Å². The maximum atomic E-state index is 13.7. The number of alkyl halides is 6. The topological polar surface area (TPSA) is 142 Å². The van der Waals surface area contributed by atoms with Crippen molar-refractivity contribution in [1.29, 1.82) is 0 Å². The van der Waals surface area contributed by atoms with Crippen LogP contribution in [0.15, 0.2) is 100 Å². The molecule has 2 aliphatic carbocycles. The lowest BCUT2D eigenvalue weighted by molar-refractivity contribution is -0.138. The number of aliphatic hydroxyl groups is 2. The lowest BCUT2D eigenvalue weighted by Crippen LogP contribution is -2.45. The van der Waals surface area contributed by atoms with Crippen molar-refractivity contribution in [1.82, 2.24) is 30.4 Å². The molecule has 3 heterocycles. The summed E-state index contributed by atoms with van der Waals surface area (Å²) in [5, 5.41) is 30.9. The van der Waals surface area contributed by atoms with E-state index in [1.54, 1.807) is 42.5 Å². The van der Waals surface area contributed by atoms with Gasteiger partial charge < -0.3 is 20.8 Å². The quantitative estimate of drug-likeness (QED) is 0.108. The van der Waals surface area contributed by atoms with E-state index in [1.807, 2.05) is 6.07 Å². The second-order valence-corrected chi connectivity index (χ2v) is 16.8. The van der Waals surface area contributed by atoms with E-state index in [9.17, 15) is 46.1 Å². The molecule has 19 heteroatoms. The average molecular weight is 987 g/mol. The summed E-state index contributed by atoms with van der Waals surface area (Å²) in [6.07, 6.45) is 0.0780. The molecular formula is C41H37Br2ClF6N6O4. The van der Waals surface area contributed by atoms with Gasteiger partial charge in [-0.2, -0.15) is 31.4 Å². The highest BCUT2D eigenvalue weighted by molar-refractivity contribution is 9.10. The highest BCUT2D eigenvalue weighted by Gasteiger charge is 2.44. The maximum Gasteiger partial charge on any atom is 0.418 e. The molecule has 0 saturated heterocycles. The van der Waals surface area contributed by atoms with Crippen LogP contribution in [0.2, 0.25) is 5.02 Å². The second-order valence-electron chi connectivity index (χ2n) is 14.6. The van der Waals surface area contributed by atoms with E-state index >= 15 is 0 Å². The largest absolute Gasteiger partial charge is 0.418 e. The number of nitrogens with zero attached hydrogens (tertiary/aromatic N) is 4. The lowest BCUT2D eigenvalue weighted by Gasteiger charge is -2.34. The van der Waals surface area contributed by atoms with E-state index in [0.717, 1.165) is 63.8 Å². The molecule has 3 aromatic heterocycles. The van der Waals surface area contributed by atoms with Gasteiger partial charge in [-0.25, -0.2) is 14.6 Å². The Morgan fingerprint density at radius 1 is 0.683 bits per heavy atom. The van der Waals surface area contributed by atoms with Crippen molar-refractivity contribution in [3.05, 3.63) is 139 Å². The summed E-state index contributed by atoms with van der Waals surface area (Å²) >= 11 is 12.6. The van der Waals surface area contributed by atoms with Gasteiger partial charge in [-0.1, -0.05) is 93.4 Å². The number of aromatic nitrogens is 4. The Morgan fingerprint density at radius 3 is 1.57 bits per heavy atom. The van der Waals surface area contributed by atoms with Crippen molar-refractivity contribution in [2.75, 3.05) is 0 Å². The van der Waals surface area contributed by atoms with Crippen molar-refractivity contribution < 1.29 is 46.1 Å². The smallest absolute Gasteiger partial charge is 0.387 e. The van der Waals surface area contributed by atoms with E-state index in [-0.39, 0.29) is 0 Å². The number of hydrogen-bond acceptors (Lipinski definition) is 7. The normalized spacial score (nSPS) is 17.0. The van der Waals surface area contributed by atoms with Crippen molar-refractivity contribution in [3.63, 3.8) is 0 Å². The summed E-state index contributed by atoms with van der Waals surface area (Å²) in [5.74, 6) is -1.70. The lowest BCUT2D eigenvalue weighted by atomic mass is 9.87. The summed E-state index contributed by atoms with van der Waals surface area (Å²) in [5.41, 5.74) is -4.72. The van der Waals surface area contributed by atoms with E-state index in [1.165, 1.54) is 18.5 Å². The fourth-order valence-electron chi connectivity index (χ4n) is 7.68. The van der Waals surface area contributed by atoms with Gasteiger partial charge in [0, 0.05) is 33.7 Å². The number of halogens is 9. The number of amides is 2. The molecule has 2 fully saturated rings. The number of rotatable bonds is 9. The Hall–Kier alpha value is -4.36. The summed E-state index contributed by atoms with van der Waals surface area (Å²) < 4.78 is 82.9. The molecule has 0 aliphatic heterocycles. The standard InChI is InChI=1S/C22H20BrF3N4O2.C19H17BrClF3N2O2/c23-15-6-3-5-14(13-15)19(21(32)8-1-2-9-21)29-20(31)17-18(30-12-4-10-28-30)16(7-11-27-17)22(24,25)26;20-12-5-3-4-11(10-12)16(18(28)7-1-2-8-18)26-17(27)15-14(21)13(6-9-25-15)19(22,23)24/h3-7,10-13,19,32H,1-2,8-9H2,(H,29,31);3-6,9-10,16,28H,1-2,7-8H2,(H,26,27)/t19-;16-/m00/s1. The third kappa shape index (κ3) is 10.2. The first kappa shape index (κ1) is 45.2. The maximum absolute atomic E-state index is 13.7. The number of pyridine rings is 2. The average Bonchev–Trinajstić information content (AvgIpc) is 3.99. The van der Waals surface area contributed by atoms with Crippen LogP contribution < -0.4 is 10.6 Å². The van der Waals surface area contributed by atoms with Crippen LogP contribution in [0, 0.1) is 0 Å². The monoisotopic (exact) mass is 984 g/mol. The van der Waals surface area contributed by atoms with Gasteiger partial charge in [0.05, 0.1) is 39.4 Å². The van der Waals surface area contributed by atoms with Gasteiger partial charge in [-0.05, 0) is 79.3 Å². The Kier molecular flexibility index (Phi) is 13.8. The van der Waals surface area contributed by atoms with E-state index in [4.69, 9.17) is 11.6 Å². The van der Waals surface area contributed by atoms with Crippen molar-refractivity contribution >= 4 is 55.3 Å². The molecule has 2 atom stereocenters. The van der Waals surface area contributed by atoms with Crippen LogP contribution in [-0.2, 0) is 12.4 Å². The zero-order valence-electron chi connectivity index (χ0n) is 31.4. The van der Waals surface area contributed by atoms with Crippen LogP contribution in [0.1, 0.15) is 107 Å². The fraction of sp³-hybridized carbons (Fsp3) is 0.341. The first-order valence-corrected chi connectivity index (χ1v) is 20.6. The Bertz CT molecular complexity index is 2320. The summed E-state index contributed by atoms with van der Waals surface area (Å²) in [6, 6.07) is 15.5. The second kappa shape index (κ2) is 18.3. The van der Waals surface area contributed by atoms with Gasteiger partial charge in [0.15, 0.2) is 5.69 Å². The highest BCUT2D eigenvalue weighted by atomic mass is 79.9. The van der Waals surface area contributed by atoms with Crippen LogP contribution >= 0.6 is 43.5 Å².